The van der Waals surface area contributed by atoms with Gasteiger partial charge in [-0.15, -0.1) is 0 Å². The van der Waals surface area contributed by atoms with Gasteiger partial charge < -0.3 is 4.52 Å². The number of hydrogen-bond donors (Lipinski definition) is 0. The summed E-state index contributed by atoms with van der Waals surface area (Å²) in [7, 11) is 0. The molecule has 0 bridgehead atoms. The highest BCUT2D eigenvalue weighted by atomic mass is 16.5. The summed E-state index contributed by atoms with van der Waals surface area (Å²) in [5.41, 5.74) is 1.88. The van der Waals surface area contributed by atoms with E-state index in [1.807, 2.05) is 36.4 Å². The SMILES string of the molecule is N#Cc1cc(-c2nc(-c3ccccc3)no2)ccn1. The molecule has 0 radical (unpaired) electrons. The summed E-state index contributed by atoms with van der Waals surface area (Å²) in [6.45, 7) is 0. The van der Waals surface area contributed by atoms with Crippen LogP contribution in [0.5, 0.6) is 0 Å². The van der Waals surface area contributed by atoms with Crippen molar-refractivity contribution in [3.05, 3.63) is 54.4 Å². The van der Waals surface area contributed by atoms with Crippen LogP contribution in [0.4, 0.5) is 0 Å². The van der Waals surface area contributed by atoms with Crippen LogP contribution in [0, 0.1) is 11.3 Å². The average molecular weight is 248 g/mol. The summed E-state index contributed by atoms with van der Waals surface area (Å²) in [4.78, 5) is 8.21. The van der Waals surface area contributed by atoms with E-state index in [1.54, 1.807) is 18.3 Å². The van der Waals surface area contributed by atoms with Crippen LogP contribution in [0.1, 0.15) is 5.69 Å². The second-order valence-corrected chi connectivity index (χ2v) is 3.83. The van der Waals surface area contributed by atoms with Crippen molar-refractivity contribution in [3.8, 4) is 28.9 Å². The number of aromatic nitrogens is 3. The van der Waals surface area contributed by atoms with Crippen molar-refractivity contribution in [3.63, 3.8) is 0 Å². The van der Waals surface area contributed by atoms with E-state index in [4.69, 9.17) is 9.78 Å². The minimum Gasteiger partial charge on any atom is -0.334 e. The number of benzene rings is 1. The van der Waals surface area contributed by atoms with Gasteiger partial charge in [0.2, 0.25) is 5.82 Å². The quantitative estimate of drug-likeness (QED) is 0.696. The molecule has 0 aliphatic carbocycles. The first-order valence-electron chi connectivity index (χ1n) is 5.62. The Labute approximate surface area is 109 Å². The fraction of sp³-hybridized carbons (Fsp3) is 0. The van der Waals surface area contributed by atoms with E-state index in [2.05, 4.69) is 15.1 Å². The maximum absolute atomic E-state index is 8.81. The number of nitriles is 1. The Morgan fingerprint density at radius 3 is 2.68 bits per heavy atom. The molecule has 0 aliphatic heterocycles. The molecule has 3 aromatic rings. The maximum Gasteiger partial charge on any atom is 0.258 e. The van der Waals surface area contributed by atoms with Crippen LogP contribution in [0.2, 0.25) is 0 Å². The zero-order chi connectivity index (χ0) is 13.1. The van der Waals surface area contributed by atoms with Gasteiger partial charge in [0.25, 0.3) is 5.89 Å². The van der Waals surface area contributed by atoms with Gasteiger partial charge in [-0.05, 0) is 12.1 Å². The minimum atomic E-state index is 0.317. The third-order valence-electron chi connectivity index (χ3n) is 2.58. The van der Waals surface area contributed by atoms with Crippen LogP contribution in [0.25, 0.3) is 22.8 Å². The second kappa shape index (κ2) is 4.70. The van der Waals surface area contributed by atoms with Crippen molar-refractivity contribution in [1.29, 1.82) is 5.26 Å². The van der Waals surface area contributed by atoms with E-state index in [9.17, 15) is 0 Å². The topological polar surface area (TPSA) is 75.6 Å². The summed E-state index contributed by atoms with van der Waals surface area (Å²) in [6.07, 6.45) is 1.54. The van der Waals surface area contributed by atoms with Crippen molar-refractivity contribution >= 4 is 0 Å². The summed E-state index contributed by atoms with van der Waals surface area (Å²) in [5.74, 6) is 0.892. The lowest BCUT2D eigenvalue weighted by atomic mass is 10.2. The number of hydrogen-bond acceptors (Lipinski definition) is 5. The average Bonchev–Trinajstić information content (AvgIpc) is 2.98. The van der Waals surface area contributed by atoms with Gasteiger partial charge in [0.15, 0.2) is 0 Å². The summed E-state index contributed by atoms with van der Waals surface area (Å²) in [5, 5.41) is 12.7. The molecule has 0 spiro atoms. The Morgan fingerprint density at radius 1 is 1.05 bits per heavy atom. The molecule has 0 saturated heterocycles. The van der Waals surface area contributed by atoms with E-state index in [-0.39, 0.29) is 0 Å². The summed E-state index contributed by atoms with van der Waals surface area (Å²) in [6, 6.07) is 14.9. The molecule has 0 fully saturated rings. The molecule has 2 aromatic heterocycles. The van der Waals surface area contributed by atoms with Crippen molar-refractivity contribution in [2.75, 3.05) is 0 Å². The fourth-order valence-electron chi connectivity index (χ4n) is 1.67. The summed E-state index contributed by atoms with van der Waals surface area (Å²) >= 11 is 0. The predicted octanol–water partition coefficient (Wildman–Crippen LogP) is 2.67. The highest BCUT2D eigenvalue weighted by Crippen LogP contribution is 2.21. The number of rotatable bonds is 2. The number of nitrogens with zero attached hydrogens (tertiary/aromatic N) is 4. The zero-order valence-corrected chi connectivity index (χ0v) is 9.82. The maximum atomic E-state index is 8.81. The summed E-state index contributed by atoms with van der Waals surface area (Å²) < 4.78 is 5.21. The van der Waals surface area contributed by atoms with Crippen molar-refractivity contribution in [1.82, 2.24) is 15.1 Å². The van der Waals surface area contributed by atoms with Crippen molar-refractivity contribution < 1.29 is 4.52 Å². The standard InChI is InChI=1S/C14H8N4O/c15-9-12-8-11(6-7-16-12)14-17-13(18-19-14)10-4-2-1-3-5-10/h1-8H. The molecule has 5 heteroatoms. The first kappa shape index (κ1) is 11.1. The molecule has 0 N–H and O–H groups in total. The Bertz CT molecular complexity index is 743. The van der Waals surface area contributed by atoms with Gasteiger partial charge in [-0.1, -0.05) is 35.5 Å². The van der Waals surface area contributed by atoms with Crippen LogP contribution in [0.15, 0.2) is 53.2 Å². The highest BCUT2D eigenvalue weighted by molar-refractivity contribution is 5.60. The Kier molecular flexibility index (Phi) is 2.75. The monoisotopic (exact) mass is 248 g/mol. The van der Waals surface area contributed by atoms with Gasteiger partial charge in [0.1, 0.15) is 11.8 Å². The van der Waals surface area contributed by atoms with E-state index in [0.717, 1.165) is 5.56 Å². The molecule has 0 atom stereocenters. The van der Waals surface area contributed by atoms with Crippen molar-refractivity contribution in [2.45, 2.75) is 0 Å². The largest absolute Gasteiger partial charge is 0.334 e. The van der Waals surface area contributed by atoms with E-state index < -0.39 is 0 Å². The van der Waals surface area contributed by atoms with Gasteiger partial charge in [-0.3, -0.25) is 0 Å². The minimum absolute atomic E-state index is 0.317. The zero-order valence-electron chi connectivity index (χ0n) is 9.82. The molecule has 0 amide bonds. The van der Waals surface area contributed by atoms with Crippen LogP contribution >= 0.6 is 0 Å². The second-order valence-electron chi connectivity index (χ2n) is 3.83. The van der Waals surface area contributed by atoms with E-state index >= 15 is 0 Å². The van der Waals surface area contributed by atoms with Crippen LogP contribution < -0.4 is 0 Å². The Morgan fingerprint density at radius 2 is 1.89 bits per heavy atom. The lowest BCUT2D eigenvalue weighted by molar-refractivity contribution is 0.432. The lowest BCUT2D eigenvalue weighted by Gasteiger charge is -1.93. The van der Waals surface area contributed by atoms with E-state index in [1.165, 1.54) is 0 Å². The molecule has 90 valence electrons. The van der Waals surface area contributed by atoms with E-state index in [0.29, 0.717) is 23.0 Å². The Hall–Kier alpha value is -3.00. The first-order valence-corrected chi connectivity index (χ1v) is 5.62. The molecule has 19 heavy (non-hydrogen) atoms. The van der Waals surface area contributed by atoms with Crippen LogP contribution in [0.3, 0.4) is 0 Å². The van der Waals surface area contributed by atoms with Crippen molar-refractivity contribution in [2.24, 2.45) is 0 Å². The third-order valence-corrected chi connectivity index (χ3v) is 2.58. The Balaban J connectivity index is 2.00. The molecule has 0 unspecified atom stereocenters. The molecule has 3 rings (SSSR count). The van der Waals surface area contributed by atoms with Gasteiger partial charge in [0.05, 0.1) is 0 Å². The highest BCUT2D eigenvalue weighted by Gasteiger charge is 2.10. The normalized spacial score (nSPS) is 10.1. The molecule has 1 aromatic carbocycles. The smallest absolute Gasteiger partial charge is 0.258 e. The van der Waals surface area contributed by atoms with Gasteiger partial charge in [-0.2, -0.15) is 10.2 Å². The first-order chi connectivity index (χ1) is 9.36. The molecular formula is C14H8N4O. The molecule has 0 aliphatic rings. The predicted molar refractivity (Wildman–Crippen MR) is 67.7 cm³/mol. The van der Waals surface area contributed by atoms with Gasteiger partial charge in [0, 0.05) is 17.3 Å². The van der Waals surface area contributed by atoms with Crippen LogP contribution in [-0.4, -0.2) is 15.1 Å². The third kappa shape index (κ3) is 2.19. The van der Waals surface area contributed by atoms with Gasteiger partial charge >= 0.3 is 0 Å². The fourth-order valence-corrected chi connectivity index (χ4v) is 1.67. The number of pyridine rings is 1. The lowest BCUT2D eigenvalue weighted by Crippen LogP contribution is -1.84. The van der Waals surface area contributed by atoms with Gasteiger partial charge in [-0.25, -0.2) is 4.98 Å². The molecule has 5 nitrogen and oxygen atoms in total. The molecule has 0 saturated carbocycles. The molecule has 2 heterocycles. The van der Waals surface area contributed by atoms with Crippen LogP contribution in [-0.2, 0) is 0 Å². The molecular weight excluding hydrogens is 240 g/mol.